The summed E-state index contributed by atoms with van der Waals surface area (Å²) in [6.07, 6.45) is 0.374. The first-order chi connectivity index (χ1) is 11.6. The number of hydrogen-bond donors (Lipinski definition) is 0. The lowest BCUT2D eigenvalue weighted by atomic mass is 10.2. The van der Waals surface area contributed by atoms with Crippen molar-refractivity contribution in [2.75, 3.05) is 7.11 Å². The van der Waals surface area contributed by atoms with Crippen molar-refractivity contribution in [1.82, 2.24) is 9.55 Å². The number of carbonyl (C=O) groups excluding carboxylic acids is 1. The van der Waals surface area contributed by atoms with E-state index < -0.39 is 0 Å². The standard InChI is InChI=1S/C19H20N2O2S/c1-13-11-16(14(2)21(13)10-9-18(22)23-3)17-12-24-19(20-17)15-7-5-4-6-8-15/h4-8,11-12H,9-10H2,1-3H3. The molecule has 0 radical (unpaired) electrons. The Morgan fingerprint density at radius 2 is 2.00 bits per heavy atom. The Kier molecular flexibility index (Phi) is 4.81. The van der Waals surface area contributed by atoms with Gasteiger partial charge < -0.3 is 9.30 Å². The predicted octanol–water partition coefficient (Wildman–Crippen LogP) is 4.46. The largest absolute Gasteiger partial charge is 0.469 e. The van der Waals surface area contributed by atoms with Gasteiger partial charge >= 0.3 is 5.97 Å². The lowest BCUT2D eigenvalue weighted by Crippen LogP contribution is -2.09. The number of aryl methyl sites for hydroxylation is 1. The minimum absolute atomic E-state index is 0.191. The van der Waals surface area contributed by atoms with E-state index >= 15 is 0 Å². The highest BCUT2D eigenvalue weighted by molar-refractivity contribution is 7.13. The Balaban J connectivity index is 1.88. The van der Waals surface area contributed by atoms with E-state index in [2.05, 4.69) is 42.0 Å². The van der Waals surface area contributed by atoms with Crippen LogP contribution in [-0.4, -0.2) is 22.6 Å². The van der Waals surface area contributed by atoms with Crippen LogP contribution in [0, 0.1) is 13.8 Å². The molecule has 124 valence electrons. The van der Waals surface area contributed by atoms with Gasteiger partial charge in [-0.15, -0.1) is 11.3 Å². The zero-order valence-corrected chi connectivity index (χ0v) is 14.9. The average Bonchev–Trinajstić information content (AvgIpc) is 3.19. The Morgan fingerprint density at radius 3 is 2.71 bits per heavy atom. The third kappa shape index (κ3) is 3.26. The molecule has 3 rings (SSSR count). The van der Waals surface area contributed by atoms with E-state index in [0.29, 0.717) is 13.0 Å². The molecule has 0 fully saturated rings. The van der Waals surface area contributed by atoms with Crippen molar-refractivity contribution in [3.8, 4) is 21.8 Å². The maximum atomic E-state index is 11.4. The van der Waals surface area contributed by atoms with E-state index in [9.17, 15) is 4.79 Å². The first kappa shape index (κ1) is 16.5. The monoisotopic (exact) mass is 340 g/mol. The first-order valence-electron chi connectivity index (χ1n) is 7.85. The topological polar surface area (TPSA) is 44.1 Å². The normalized spacial score (nSPS) is 10.8. The highest BCUT2D eigenvalue weighted by Crippen LogP contribution is 2.32. The Morgan fingerprint density at radius 1 is 1.25 bits per heavy atom. The minimum Gasteiger partial charge on any atom is -0.469 e. The van der Waals surface area contributed by atoms with E-state index in [4.69, 9.17) is 9.72 Å². The number of methoxy groups -OCH3 is 1. The number of hydrogen-bond acceptors (Lipinski definition) is 4. The lowest BCUT2D eigenvalue weighted by Gasteiger charge is -2.08. The van der Waals surface area contributed by atoms with Crippen LogP contribution in [0.2, 0.25) is 0 Å². The fourth-order valence-corrected chi connectivity index (χ4v) is 3.65. The SMILES string of the molecule is COC(=O)CCn1c(C)cc(-c2csc(-c3ccccc3)n2)c1C. The summed E-state index contributed by atoms with van der Waals surface area (Å²) in [4.78, 5) is 16.2. The van der Waals surface area contributed by atoms with Gasteiger partial charge in [0.15, 0.2) is 0 Å². The third-order valence-corrected chi connectivity index (χ3v) is 5.03. The number of carbonyl (C=O) groups is 1. The summed E-state index contributed by atoms with van der Waals surface area (Å²) < 4.78 is 6.88. The fraction of sp³-hybridized carbons (Fsp3) is 0.263. The van der Waals surface area contributed by atoms with E-state index in [1.165, 1.54) is 7.11 Å². The van der Waals surface area contributed by atoms with E-state index in [0.717, 1.165) is 33.2 Å². The summed E-state index contributed by atoms with van der Waals surface area (Å²) >= 11 is 1.65. The average molecular weight is 340 g/mol. The number of thiazole rings is 1. The molecule has 0 N–H and O–H groups in total. The van der Waals surface area contributed by atoms with Crippen molar-refractivity contribution in [3.63, 3.8) is 0 Å². The van der Waals surface area contributed by atoms with Crippen LogP contribution in [0.15, 0.2) is 41.8 Å². The van der Waals surface area contributed by atoms with E-state index in [-0.39, 0.29) is 5.97 Å². The van der Waals surface area contributed by atoms with Crippen molar-refractivity contribution in [2.24, 2.45) is 0 Å². The second-order valence-electron chi connectivity index (χ2n) is 5.67. The van der Waals surface area contributed by atoms with Crippen LogP contribution in [0.1, 0.15) is 17.8 Å². The summed E-state index contributed by atoms with van der Waals surface area (Å²) in [5.41, 5.74) is 5.49. The first-order valence-corrected chi connectivity index (χ1v) is 8.73. The molecule has 0 aliphatic rings. The molecule has 2 aromatic heterocycles. The van der Waals surface area contributed by atoms with Crippen molar-refractivity contribution < 1.29 is 9.53 Å². The molecule has 0 spiro atoms. The molecule has 0 aliphatic heterocycles. The maximum absolute atomic E-state index is 11.4. The molecule has 24 heavy (non-hydrogen) atoms. The Labute approximate surface area is 145 Å². The number of rotatable bonds is 5. The van der Waals surface area contributed by atoms with Gasteiger partial charge in [0.05, 0.1) is 19.2 Å². The number of ether oxygens (including phenoxy) is 1. The highest BCUT2D eigenvalue weighted by atomic mass is 32.1. The van der Waals surface area contributed by atoms with Gasteiger partial charge in [-0.25, -0.2) is 4.98 Å². The fourth-order valence-electron chi connectivity index (χ4n) is 2.82. The molecule has 1 aromatic carbocycles. The van der Waals surface area contributed by atoms with Gasteiger partial charge in [-0.05, 0) is 19.9 Å². The summed E-state index contributed by atoms with van der Waals surface area (Å²) in [6.45, 7) is 4.75. The molecule has 2 heterocycles. The molecule has 4 nitrogen and oxygen atoms in total. The summed E-state index contributed by atoms with van der Waals surface area (Å²) in [6, 6.07) is 12.3. The molecule has 3 aromatic rings. The molecule has 0 atom stereocenters. The van der Waals surface area contributed by atoms with Gasteiger partial charge in [0.2, 0.25) is 0 Å². The van der Waals surface area contributed by atoms with Gasteiger partial charge in [0.25, 0.3) is 0 Å². The Bertz CT molecular complexity index is 850. The number of aromatic nitrogens is 2. The van der Waals surface area contributed by atoms with Crippen LogP contribution in [0.4, 0.5) is 0 Å². The molecular weight excluding hydrogens is 320 g/mol. The van der Waals surface area contributed by atoms with Crippen molar-refractivity contribution in [1.29, 1.82) is 0 Å². The maximum Gasteiger partial charge on any atom is 0.307 e. The summed E-state index contributed by atoms with van der Waals surface area (Å²) in [5.74, 6) is -0.191. The van der Waals surface area contributed by atoms with Gasteiger partial charge in [-0.1, -0.05) is 30.3 Å². The number of benzene rings is 1. The minimum atomic E-state index is -0.191. The van der Waals surface area contributed by atoms with Gasteiger partial charge in [0.1, 0.15) is 5.01 Å². The molecule has 5 heteroatoms. The molecule has 0 unspecified atom stereocenters. The highest BCUT2D eigenvalue weighted by Gasteiger charge is 2.15. The smallest absolute Gasteiger partial charge is 0.307 e. The number of esters is 1. The van der Waals surface area contributed by atoms with Gasteiger partial charge in [-0.2, -0.15) is 0 Å². The molecule has 0 amide bonds. The quantitative estimate of drug-likeness (QED) is 0.644. The molecule has 0 saturated heterocycles. The summed E-state index contributed by atoms with van der Waals surface area (Å²) in [5, 5.41) is 3.11. The lowest BCUT2D eigenvalue weighted by molar-refractivity contribution is -0.140. The van der Waals surface area contributed by atoms with Crippen LogP contribution >= 0.6 is 11.3 Å². The van der Waals surface area contributed by atoms with Crippen molar-refractivity contribution >= 4 is 17.3 Å². The molecule has 0 saturated carbocycles. The summed E-state index contributed by atoms with van der Waals surface area (Å²) in [7, 11) is 1.42. The second-order valence-corrected chi connectivity index (χ2v) is 6.52. The van der Waals surface area contributed by atoms with Gasteiger partial charge in [-0.3, -0.25) is 4.79 Å². The third-order valence-electron chi connectivity index (χ3n) is 4.14. The van der Waals surface area contributed by atoms with E-state index in [1.54, 1.807) is 11.3 Å². The zero-order valence-electron chi connectivity index (χ0n) is 14.1. The van der Waals surface area contributed by atoms with Gasteiger partial charge in [0, 0.05) is 34.4 Å². The molecule has 0 bridgehead atoms. The van der Waals surface area contributed by atoms with Crippen LogP contribution in [-0.2, 0) is 16.1 Å². The zero-order chi connectivity index (χ0) is 17.1. The number of nitrogens with zero attached hydrogens (tertiary/aromatic N) is 2. The van der Waals surface area contributed by atoms with Crippen LogP contribution in [0.5, 0.6) is 0 Å². The molecular formula is C19H20N2O2S. The van der Waals surface area contributed by atoms with Crippen LogP contribution in [0.3, 0.4) is 0 Å². The predicted molar refractivity (Wildman–Crippen MR) is 97.1 cm³/mol. The molecule has 0 aliphatic carbocycles. The van der Waals surface area contributed by atoms with Crippen LogP contribution in [0.25, 0.3) is 21.8 Å². The van der Waals surface area contributed by atoms with Crippen molar-refractivity contribution in [3.05, 3.63) is 53.2 Å². The van der Waals surface area contributed by atoms with Crippen molar-refractivity contribution in [2.45, 2.75) is 26.8 Å². The van der Waals surface area contributed by atoms with E-state index in [1.807, 2.05) is 18.2 Å². The van der Waals surface area contributed by atoms with Crippen LogP contribution < -0.4 is 0 Å². The Hall–Kier alpha value is -2.40. The second kappa shape index (κ2) is 7.01.